The summed E-state index contributed by atoms with van der Waals surface area (Å²) in [4.78, 5) is 22.6. The molecule has 168 valence electrons. The van der Waals surface area contributed by atoms with E-state index in [9.17, 15) is 23.3 Å². The molecular formula is C19H25N5O5S2. The number of benzene rings is 1. The molecule has 12 heteroatoms. The first-order valence-corrected chi connectivity index (χ1v) is 13.1. The molecule has 2 aromatic rings. The third-order valence-corrected chi connectivity index (χ3v) is 7.00. The molecule has 31 heavy (non-hydrogen) atoms. The minimum atomic E-state index is -3.69. The maximum absolute atomic E-state index is 12.5. The molecule has 0 bridgehead atoms. The van der Waals surface area contributed by atoms with Gasteiger partial charge in [-0.2, -0.15) is 0 Å². The van der Waals surface area contributed by atoms with E-state index in [2.05, 4.69) is 20.1 Å². The van der Waals surface area contributed by atoms with Crippen molar-refractivity contribution in [1.29, 1.82) is 0 Å². The van der Waals surface area contributed by atoms with E-state index in [0.717, 1.165) is 48.3 Å². The number of thioether (sulfide) groups is 1. The highest BCUT2D eigenvalue weighted by Gasteiger charge is 2.23. The van der Waals surface area contributed by atoms with Crippen LogP contribution in [-0.2, 0) is 16.3 Å². The van der Waals surface area contributed by atoms with Crippen molar-refractivity contribution < 1.29 is 18.1 Å². The number of hydrogen-bond acceptors (Lipinski definition) is 8. The van der Waals surface area contributed by atoms with Crippen LogP contribution in [0.25, 0.3) is 0 Å². The van der Waals surface area contributed by atoms with Crippen molar-refractivity contribution in [1.82, 2.24) is 20.1 Å². The van der Waals surface area contributed by atoms with Crippen molar-refractivity contribution in [3.8, 4) is 0 Å². The maximum Gasteiger partial charge on any atom is 0.271 e. The van der Waals surface area contributed by atoms with E-state index in [1.165, 1.54) is 12.8 Å². The van der Waals surface area contributed by atoms with Gasteiger partial charge in [0.1, 0.15) is 5.82 Å². The number of nitro groups is 1. The second-order valence-corrected chi connectivity index (χ2v) is 10.3. The summed E-state index contributed by atoms with van der Waals surface area (Å²) in [6, 6.07) is 3.59. The smallest absolute Gasteiger partial charge is 0.271 e. The summed E-state index contributed by atoms with van der Waals surface area (Å²) < 4.78 is 25.8. The van der Waals surface area contributed by atoms with E-state index in [1.807, 2.05) is 6.26 Å². The largest absolute Gasteiger partial charge is 0.352 e. The lowest BCUT2D eigenvalue weighted by Gasteiger charge is -2.16. The number of nitrogens with zero attached hydrogens (tertiary/aromatic N) is 4. The Kier molecular flexibility index (Phi) is 7.31. The topological polar surface area (TPSA) is 137 Å². The van der Waals surface area contributed by atoms with Gasteiger partial charge in [0, 0.05) is 43.0 Å². The summed E-state index contributed by atoms with van der Waals surface area (Å²) in [5, 5.41) is 23.3. The number of sulfone groups is 1. The molecule has 1 aromatic carbocycles. The molecule has 0 unspecified atom stereocenters. The quantitative estimate of drug-likeness (QED) is 0.257. The van der Waals surface area contributed by atoms with Crippen LogP contribution in [0, 0.1) is 10.1 Å². The van der Waals surface area contributed by atoms with E-state index in [4.69, 9.17) is 0 Å². The number of nitro benzene ring substituents is 1. The molecular weight excluding hydrogens is 442 g/mol. The lowest BCUT2D eigenvalue weighted by Crippen LogP contribution is -2.25. The lowest BCUT2D eigenvalue weighted by molar-refractivity contribution is -0.385. The minimum Gasteiger partial charge on any atom is -0.352 e. The Labute approximate surface area is 184 Å². The molecule has 1 heterocycles. The van der Waals surface area contributed by atoms with Crippen LogP contribution in [0.1, 0.15) is 54.3 Å². The fourth-order valence-corrected chi connectivity index (χ4v) is 4.98. The number of aryl methyl sites for hydroxylation is 1. The summed E-state index contributed by atoms with van der Waals surface area (Å²) in [6.45, 7) is 0.321. The van der Waals surface area contributed by atoms with Gasteiger partial charge < -0.3 is 9.88 Å². The Balaban J connectivity index is 1.64. The molecule has 1 N–H and O–H groups in total. The molecule has 1 fully saturated rings. The SMILES string of the molecule is CSc1nnc(CCCNC(=O)c2cc([N+](=O)[O-])cc(S(C)(=O)=O)c2)n1C1CCCC1. The summed E-state index contributed by atoms with van der Waals surface area (Å²) in [5.74, 6) is 0.330. The molecule has 10 nitrogen and oxygen atoms in total. The van der Waals surface area contributed by atoms with Crippen molar-refractivity contribution in [2.75, 3.05) is 19.1 Å². The Bertz CT molecular complexity index is 1080. The molecule has 3 rings (SSSR count). The van der Waals surface area contributed by atoms with Gasteiger partial charge >= 0.3 is 0 Å². The molecule has 1 aromatic heterocycles. The number of rotatable bonds is 9. The van der Waals surface area contributed by atoms with Crippen LogP contribution in [0.15, 0.2) is 28.3 Å². The molecule has 1 aliphatic rings. The zero-order valence-electron chi connectivity index (χ0n) is 17.4. The summed E-state index contributed by atoms with van der Waals surface area (Å²) >= 11 is 1.57. The van der Waals surface area contributed by atoms with Gasteiger partial charge in [-0.05, 0) is 31.6 Å². The monoisotopic (exact) mass is 467 g/mol. The fraction of sp³-hybridized carbons (Fsp3) is 0.526. The third-order valence-electron chi connectivity index (χ3n) is 5.26. The normalized spacial score (nSPS) is 14.6. The number of nitrogens with one attached hydrogen (secondary N) is 1. The first-order chi connectivity index (χ1) is 14.7. The van der Waals surface area contributed by atoms with Crippen molar-refractivity contribution >= 4 is 33.2 Å². The summed E-state index contributed by atoms with van der Waals surface area (Å²) in [5.41, 5.74) is -0.504. The van der Waals surface area contributed by atoms with Crippen LogP contribution >= 0.6 is 11.8 Å². The van der Waals surface area contributed by atoms with Crippen LogP contribution in [0.3, 0.4) is 0 Å². The third kappa shape index (κ3) is 5.62. The van der Waals surface area contributed by atoms with Gasteiger partial charge in [-0.3, -0.25) is 14.9 Å². The number of aromatic nitrogens is 3. The van der Waals surface area contributed by atoms with Crippen molar-refractivity contribution in [3.05, 3.63) is 39.7 Å². The maximum atomic E-state index is 12.5. The van der Waals surface area contributed by atoms with Crippen LogP contribution in [0.5, 0.6) is 0 Å². The highest BCUT2D eigenvalue weighted by molar-refractivity contribution is 7.98. The Hall–Kier alpha value is -2.47. The molecule has 1 saturated carbocycles. The zero-order chi connectivity index (χ0) is 22.6. The minimum absolute atomic E-state index is 0.0617. The number of carbonyl (C=O) groups is 1. The molecule has 0 spiro atoms. The summed E-state index contributed by atoms with van der Waals surface area (Å²) in [6.07, 6.45) is 8.79. The lowest BCUT2D eigenvalue weighted by atomic mass is 10.2. The Morgan fingerprint density at radius 3 is 2.61 bits per heavy atom. The van der Waals surface area contributed by atoms with Gasteiger partial charge in [-0.25, -0.2) is 8.42 Å². The average Bonchev–Trinajstić information content (AvgIpc) is 3.39. The van der Waals surface area contributed by atoms with Gasteiger partial charge in [-0.1, -0.05) is 24.6 Å². The molecule has 0 saturated heterocycles. The summed E-state index contributed by atoms with van der Waals surface area (Å²) in [7, 11) is -3.69. The second-order valence-electron chi connectivity index (χ2n) is 7.52. The van der Waals surface area contributed by atoms with Crippen LogP contribution < -0.4 is 5.32 Å². The Morgan fingerprint density at radius 2 is 2.00 bits per heavy atom. The van der Waals surface area contributed by atoms with Gasteiger partial charge in [0.05, 0.1) is 9.82 Å². The van der Waals surface area contributed by atoms with E-state index in [-0.39, 0.29) is 10.5 Å². The van der Waals surface area contributed by atoms with Crippen molar-refractivity contribution in [2.24, 2.45) is 0 Å². The van der Waals surface area contributed by atoms with E-state index in [1.54, 1.807) is 11.8 Å². The standard InChI is InChI=1S/C19H25N5O5S2/c1-30-19-22-21-17(23(19)14-6-3-4-7-14)8-5-9-20-18(25)13-10-15(24(26)27)12-16(11-13)31(2,28)29/h10-12,14H,3-9H2,1-2H3,(H,20,25). The number of non-ortho nitro benzene ring substituents is 1. The Morgan fingerprint density at radius 1 is 1.29 bits per heavy atom. The van der Waals surface area contributed by atoms with Crippen LogP contribution in [0.2, 0.25) is 0 Å². The molecule has 0 aliphatic heterocycles. The first-order valence-electron chi connectivity index (χ1n) is 9.96. The molecule has 0 radical (unpaired) electrons. The number of carbonyl (C=O) groups excluding carboxylic acids is 1. The zero-order valence-corrected chi connectivity index (χ0v) is 19.0. The second kappa shape index (κ2) is 9.77. The fourth-order valence-electron chi connectivity index (χ4n) is 3.73. The highest BCUT2D eigenvalue weighted by Crippen LogP contribution is 2.33. The van der Waals surface area contributed by atoms with E-state index in [0.29, 0.717) is 25.4 Å². The van der Waals surface area contributed by atoms with E-state index < -0.39 is 26.4 Å². The van der Waals surface area contributed by atoms with Crippen molar-refractivity contribution in [3.63, 3.8) is 0 Å². The predicted octanol–water partition coefficient (Wildman–Crippen LogP) is 2.79. The average molecular weight is 468 g/mol. The molecule has 1 aliphatic carbocycles. The van der Waals surface area contributed by atoms with Crippen molar-refractivity contribution in [2.45, 2.75) is 54.6 Å². The van der Waals surface area contributed by atoms with Crippen LogP contribution in [-0.4, -0.2) is 53.1 Å². The first kappa shape index (κ1) is 23.2. The number of hydrogen-bond donors (Lipinski definition) is 1. The highest BCUT2D eigenvalue weighted by atomic mass is 32.2. The van der Waals surface area contributed by atoms with Crippen LogP contribution in [0.4, 0.5) is 5.69 Å². The van der Waals surface area contributed by atoms with Gasteiger partial charge in [-0.15, -0.1) is 10.2 Å². The van der Waals surface area contributed by atoms with E-state index >= 15 is 0 Å². The molecule has 0 atom stereocenters. The number of amides is 1. The predicted molar refractivity (Wildman–Crippen MR) is 116 cm³/mol. The van der Waals surface area contributed by atoms with Gasteiger partial charge in [0.15, 0.2) is 15.0 Å². The van der Waals surface area contributed by atoms with Gasteiger partial charge in [0.25, 0.3) is 11.6 Å². The van der Waals surface area contributed by atoms with Gasteiger partial charge in [0.2, 0.25) is 0 Å². The molecule has 1 amide bonds.